The minimum absolute atomic E-state index is 0.0853. The number of anilines is 1. The first-order valence-corrected chi connectivity index (χ1v) is 9.45. The molecule has 0 bridgehead atoms. The maximum atomic E-state index is 13.3. The van der Waals surface area contributed by atoms with Crippen molar-refractivity contribution in [2.24, 2.45) is 0 Å². The molecule has 4 nitrogen and oxygen atoms in total. The van der Waals surface area contributed by atoms with Crippen LogP contribution in [0.2, 0.25) is 0 Å². The lowest BCUT2D eigenvalue weighted by Crippen LogP contribution is -2.12. The molecule has 1 heterocycles. The Morgan fingerprint density at radius 2 is 1.53 bits per heavy atom. The van der Waals surface area contributed by atoms with Gasteiger partial charge in [0.25, 0.3) is 0 Å². The number of carbonyl (C=O) groups is 1. The quantitative estimate of drug-likeness (QED) is 0.438. The maximum absolute atomic E-state index is 13.3. The molecule has 0 fully saturated rings. The Labute approximate surface area is 172 Å². The number of aromatic nitrogens is 1. The van der Waals surface area contributed by atoms with Crippen molar-refractivity contribution in [1.29, 1.82) is 0 Å². The van der Waals surface area contributed by atoms with E-state index >= 15 is 0 Å². The fourth-order valence-corrected chi connectivity index (χ4v) is 3.07. The van der Waals surface area contributed by atoms with E-state index in [1.807, 2.05) is 60.7 Å². The summed E-state index contributed by atoms with van der Waals surface area (Å²) in [4.78, 5) is 16.8. The van der Waals surface area contributed by atoms with E-state index < -0.39 is 11.6 Å². The van der Waals surface area contributed by atoms with Gasteiger partial charge in [0, 0.05) is 35.7 Å². The molecule has 0 aliphatic rings. The van der Waals surface area contributed by atoms with E-state index in [4.69, 9.17) is 4.42 Å². The monoisotopic (exact) mass is 404 g/mol. The number of rotatable bonds is 6. The highest BCUT2D eigenvalue weighted by atomic mass is 19.2. The largest absolute Gasteiger partial charge is 0.440 e. The van der Waals surface area contributed by atoms with Gasteiger partial charge in [0.15, 0.2) is 23.3 Å². The van der Waals surface area contributed by atoms with Crippen molar-refractivity contribution in [1.82, 2.24) is 4.98 Å². The van der Waals surface area contributed by atoms with Crippen LogP contribution in [0.25, 0.3) is 22.6 Å². The maximum Gasteiger partial charge on any atom is 0.224 e. The zero-order chi connectivity index (χ0) is 20.9. The Morgan fingerprint density at radius 1 is 0.867 bits per heavy atom. The molecular formula is C24H18F2N2O2. The van der Waals surface area contributed by atoms with Gasteiger partial charge in [-0.2, -0.15) is 0 Å². The van der Waals surface area contributed by atoms with Crippen molar-refractivity contribution in [2.45, 2.75) is 12.8 Å². The zero-order valence-electron chi connectivity index (χ0n) is 15.9. The summed E-state index contributed by atoms with van der Waals surface area (Å²) < 4.78 is 32.3. The molecular weight excluding hydrogens is 386 g/mol. The number of amides is 1. The molecule has 1 aromatic heterocycles. The van der Waals surface area contributed by atoms with Gasteiger partial charge < -0.3 is 9.73 Å². The molecule has 0 aliphatic carbocycles. The standard InChI is InChI=1S/C24H18F2N2O2/c25-19-12-11-18(15-20(19)26)27-21(29)13-14-22-28-23(16-7-3-1-4-8-16)24(30-22)17-9-5-2-6-10-17/h1-12,15H,13-14H2,(H,27,29). The van der Waals surface area contributed by atoms with Crippen LogP contribution < -0.4 is 5.32 Å². The van der Waals surface area contributed by atoms with Crippen molar-refractivity contribution < 1.29 is 18.0 Å². The molecule has 4 aromatic rings. The van der Waals surface area contributed by atoms with Gasteiger partial charge in [-0.3, -0.25) is 4.79 Å². The zero-order valence-corrected chi connectivity index (χ0v) is 15.9. The van der Waals surface area contributed by atoms with Gasteiger partial charge in [-0.05, 0) is 12.1 Å². The van der Waals surface area contributed by atoms with Crippen molar-refractivity contribution >= 4 is 11.6 Å². The highest BCUT2D eigenvalue weighted by Gasteiger charge is 2.17. The smallest absolute Gasteiger partial charge is 0.224 e. The number of benzene rings is 3. The molecule has 150 valence electrons. The Kier molecular flexibility index (Phi) is 5.66. The number of nitrogens with one attached hydrogen (secondary N) is 1. The number of carbonyl (C=O) groups excluding carboxylic acids is 1. The fraction of sp³-hybridized carbons (Fsp3) is 0.0833. The first-order valence-electron chi connectivity index (χ1n) is 9.45. The SMILES string of the molecule is O=C(CCc1nc(-c2ccccc2)c(-c2ccccc2)o1)Nc1ccc(F)c(F)c1. The second-order valence-electron chi connectivity index (χ2n) is 6.69. The van der Waals surface area contributed by atoms with E-state index in [-0.39, 0.29) is 24.4 Å². The third-order valence-corrected chi connectivity index (χ3v) is 4.52. The Hall–Kier alpha value is -3.80. The number of nitrogens with zero attached hydrogens (tertiary/aromatic N) is 1. The Morgan fingerprint density at radius 3 is 2.20 bits per heavy atom. The lowest BCUT2D eigenvalue weighted by Gasteiger charge is -2.04. The Bertz CT molecular complexity index is 1100. The Balaban J connectivity index is 1.52. The van der Waals surface area contributed by atoms with E-state index in [0.717, 1.165) is 23.3 Å². The lowest BCUT2D eigenvalue weighted by molar-refractivity contribution is -0.116. The summed E-state index contributed by atoms with van der Waals surface area (Å²) in [6.45, 7) is 0. The predicted molar refractivity (Wildman–Crippen MR) is 111 cm³/mol. The van der Waals surface area contributed by atoms with Crippen molar-refractivity contribution in [3.8, 4) is 22.6 Å². The van der Waals surface area contributed by atoms with Crippen LogP contribution in [0.15, 0.2) is 83.3 Å². The van der Waals surface area contributed by atoms with Crippen molar-refractivity contribution in [3.63, 3.8) is 0 Å². The number of aryl methyl sites for hydroxylation is 1. The van der Waals surface area contributed by atoms with Crippen LogP contribution >= 0.6 is 0 Å². The first-order chi connectivity index (χ1) is 14.6. The molecule has 6 heteroatoms. The first kappa shape index (κ1) is 19.5. The van der Waals surface area contributed by atoms with Gasteiger partial charge in [0.1, 0.15) is 5.69 Å². The van der Waals surface area contributed by atoms with Gasteiger partial charge >= 0.3 is 0 Å². The van der Waals surface area contributed by atoms with Crippen LogP contribution in [0, 0.1) is 11.6 Å². The second-order valence-corrected chi connectivity index (χ2v) is 6.69. The van der Waals surface area contributed by atoms with Gasteiger partial charge in [-0.15, -0.1) is 0 Å². The van der Waals surface area contributed by atoms with Gasteiger partial charge in [-0.25, -0.2) is 13.8 Å². The molecule has 0 unspecified atom stereocenters. The lowest BCUT2D eigenvalue weighted by atomic mass is 10.1. The molecule has 1 N–H and O–H groups in total. The minimum Gasteiger partial charge on any atom is -0.440 e. The molecule has 0 saturated carbocycles. The molecule has 0 aliphatic heterocycles. The molecule has 4 rings (SSSR count). The highest BCUT2D eigenvalue weighted by Crippen LogP contribution is 2.32. The van der Waals surface area contributed by atoms with Crippen LogP contribution in [0.1, 0.15) is 12.3 Å². The summed E-state index contributed by atoms with van der Waals surface area (Å²) in [7, 11) is 0. The molecule has 0 saturated heterocycles. The van der Waals surface area contributed by atoms with Crippen LogP contribution in [0.4, 0.5) is 14.5 Å². The summed E-state index contributed by atoms with van der Waals surface area (Å²) in [5.74, 6) is -1.26. The summed E-state index contributed by atoms with van der Waals surface area (Å²) in [6.07, 6.45) is 0.351. The molecule has 30 heavy (non-hydrogen) atoms. The fourth-order valence-electron chi connectivity index (χ4n) is 3.07. The van der Waals surface area contributed by atoms with Gasteiger partial charge in [-0.1, -0.05) is 60.7 Å². The van der Waals surface area contributed by atoms with E-state index in [1.54, 1.807) is 0 Å². The minimum atomic E-state index is -1.01. The van der Waals surface area contributed by atoms with E-state index in [0.29, 0.717) is 17.3 Å². The number of oxazole rings is 1. The average molecular weight is 404 g/mol. The summed E-state index contributed by atoms with van der Waals surface area (Å²) in [6, 6.07) is 22.5. The van der Waals surface area contributed by atoms with E-state index in [9.17, 15) is 13.6 Å². The number of halogens is 2. The molecule has 1 amide bonds. The summed E-state index contributed by atoms with van der Waals surface area (Å²) in [5, 5.41) is 2.55. The molecule has 3 aromatic carbocycles. The third-order valence-electron chi connectivity index (χ3n) is 4.52. The average Bonchev–Trinajstić information content (AvgIpc) is 3.21. The van der Waals surface area contributed by atoms with Crippen molar-refractivity contribution in [2.75, 3.05) is 5.32 Å². The number of hydrogen-bond donors (Lipinski definition) is 1. The van der Waals surface area contributed by atoms with Crippen LogP contribution in [-0.2, 0) is 11.2 Å². The second kappa shape index (κ2) is 8.69. The third kappa shape index (κ3) is 4.43. The predicted octanol–water partition coefficient (Wildman–Crippen LogP) is 5.86. The van der Waals surface area contributed by atoms with Crippen LogP contribution in [0.5, 0.6) is 0 Å². The van der Waals surface area contributed by atoms with Crippen molar-refractivity contribution in [3.05, 3.63) is 96.4 Å². The highest BCUT2D eigenvalue weighted by molar-refractivity contribution is 5.90. The van der Waals surface area contributed by atoms with Crippen LogP contribution in [-0.4, -0.2) is 10.9 Å². The molecule has 0 atom stereocenters. The van der Waals surface area contributed by atoms with Crippen LogP contribution in [0.3, 0.4) is 0 Å². The summed E-state index contributed by atoms with van der Waals surface area (Å²) >= 11 is 0. The van der Waals surface area contributed by atoms with Gasteiger partial charge in [0.2, 0.25) is 5.91 Å². The van der Waals surface area contributed by atoms with E-state index in [1.165, 1.54) is 6.07 Å². The molecule has 0 spiro atoms. The van der Waals surface area contributed by atoms with E-state index in [2.05, 4.69) is 10.3 Å². The normalized spacial score (nSPS) is 10.7. The topological polar surface area (TPSA) is 55.1 Å². The molecule has 0 radical (unpaired) electrons. The van der Waals surface area contributed by atoms with Gasteiger partial charge in [0.05, 0.1) is 0 Å². The summed E-state index contributed by atoms with van der Waals surface area (Å²) in [5.41, 5.74) is 2.71. The number of hydrogen-bond acceptors (Lipinski definition) is 3.